The van der Waals surface area contributed by atoms with E-state index in [4.69, 9.17) is 0 Å². The highest BCUT2D eigenvalue weighted by Crippen LogP contribution is 2.23. The van der Waals surface area contributed by atoms with Crippen LogP contribution in [0.15, 0.2) is 22.7 Å². The number of hydrogen-bond acceptors (Lipinski definition) is 1. The summed E-state index contributed by atoms with van der Waals surface area (Å²) in [4.78, 5) is 0. The fourth-order valence-corrected chi connectivity index (χ4v) is 2.23. The van der Waals surface area contributed by atoms with Gasteiger partial charge in [-0.1, -0.05) is 26.0 Å². The molecule has 0 aromatic heterocycles. The average Bonchev–Trinajstić information content (AvgIpc) is 2.31. The highest BCUT2D eigenvalue weighted by atomic mass is 79.9. The van der Waals surface area contributed by atoms with Crippen molar-refractivity contribution in [3.63, 3.8) is 0 Å². The van der Waals surface area contributed by atoms with Crippen LogP contribution in [0.2, 0.25) is 0 Å². The van der Waals surface area contributed by atoms with Gasteiger partial charge in [-0.05, 0) is 59.8 Å². The third kappa shape index (κ3) is 4.40. The summed E-state index contributed by atoms with van der Waals surface area (Å²) in [7, 11) is 0. The Morgan fingerprint density at radius 2 is 2.06 bits per heavy atom. The molecule has 0 spiro atoms. The van der Waals surface area contributed by atoms with Gasteiger partial charge in [-0.3, -0.25) is 0 Å². The van der Waals surface area contributed by atoms with E-state index in [-0.39, 0.29) is 5.82 Å². The fraction of sp³-hybridized carbons (Fsp3) is 0.571. The molecule has 2 atom stereocenters. The molecule has 96 valence electrons. The van der Waals surface area contributed by atoms with Gasteiger partial charge in [0.2, 0.25) is 0 Å². The fourth-order valence-electron chi connectivity index (χ4n) is 1.80. The van der Waals surface area contributed by atoms with Crippen LogP contribution in [-0.2, 0) is 6.42 Å². The van der Waals surface area contributed by atoms with Crippen molar-refractivity contribution in [3.8, 4) is 0 Å². The highest BCUT2D eigenvalue weighted by Gasteiger charge is 2.14. The number of benzene rings is 1. The first-order chi connectivity index (χ1) is 8.06. The molecule has 1 rings (SSSR count). The Morgan fingerprint density at radius 1 is 1.35 bits per heavy atom. The molecule has 3 heteroatoms. The van der Waals surface area contributed by atoms with Crippen molar-refractivity contribution in [2.24, 2.45) is 5.92 Å². The number of hydrogen-bond donors (Lipinski definition) is 1. The van der Waals surface area contributed by atoms with Crippen molar-refractivity contribution in [2.45, 2.75) is 39.7 Å². The Bertz CT molecular complexity index is 354. The van der Waals surface area contributed by atoms with Gasteiger partial charge in [0.1, 0.15) is 5.82 Å². The maximum atomic E-state index is 13.4. The molecule has 0 amide bonds. The van der Waals surface area contributed by atoms with Crippen LogP contribution in [0, 0.1) is 11.7 Å². The molecule has 0 saturated carbocycles. The SMILES string of the molecule is CCCNC(C)C(C)Cc1cccc(F)c1Br. The van der Waals surface area contributed by atoms with Gasteiger partial charge in [-0.2, -0.15) is 0 Å². The zero-order chi connectivity index (χ0) is 12.8. The van der Waals surface area contributed by atoms with E-state index in [1.165, 1.54) is 6.07 Å². The molecule has 0 heterocycles. The van der Waals surface area contributed by atoms with Crippen LogP contribution in [0.4, 0.5) is 4.39 Å². The summed E-state index contributed by atoms with van der Waals surface area (Å²) < 4.78 is 14.0. The van der Waals surface area contributed by atoms with Crippen molar-refractivity contribution >= 4 is 15.9 Å². The molecule has 17 heavy (non-hydrogen) atoms. The van der Waals surface area contributed by atoms with Gasteiger partial charge in [-0.25, -0.2) is 4.39 Å². The van der Waals surface area contributed by atoms with Gasteiger partial charge in [0, 0.05) is 6.04 Å². The molecule has 0 fully saturated rings. The second-order valence-electron chi connectivity index (χ2n) is 4.64. The van der Waals surface area contributed by atoms with E-state index in [0.29, 0.717) is 16.4 Å². The van der Waals surface area contributed by atoms with E-state index in [1.807, 2.05) is 6.07 Å². The summed E-state index contributed by atoms with van der Waals surface area (Å²) in [6.45, 7) is 7.58. The average molecular weight is 302 g/mol. The van der Waals surface area contributed by atoms with Gasteiger partial charge in [0.15, 0.2) is 0 Å². The van der Waals surface area contributed by atoms with Crippen molar-refractivity contribution in [1.82, 2.24) is 5.32 Å². The largest absolute Gasteiger partial charge is 0.314 e. The first kappa shape index (κ1) is 14.7. The summed E-state index contributed by atoms with van der Waals surface area (Å²) in [5.74, 6) is 0.309. The first-order valence-electron chi connectivity index (χ1n) is 6.22. The quantitative estimate of drug-likeness (QED) is 0.832. The molecule has 1 aromatic rings. The lowest BCUT2D eigenvalue weighted by Crippen LogP contribution is -2.33. The van der Waals surface area contributed by atoms with E-state index in [0.717, 1.165) is 24.9 Å². The maximum Gasteiger partial charge on any atom is 0.137 e. The molecular formula is C14H21BrFN. The third-order valence-electron chi connectivity index (χ3n) is 3.14. The molecule has 0 aliphatic heterocycles. The van der Waals surface area contributed by atoms with Crippen molar-refractivity contribution in [2.75, 3.05) is 6.54 Å². The van der Waals surface area contributed by atoms with Crippen LogP contribution >= 0.6 is 15.9 Å². The zero-order valence-electron chi connectivity index (χ0n) is 10.8. The predicted molar refractivity (Wildman–Crippen MR) is 74.7 cm³/mol. The van der Waals surface area contributed by atoms with E-state index < -0.39 is 0 Å². The van der Waals surface area contributed by atoms with E-state index in [9.17, 15) is 4.39 Å². The Balaban J connectivity index is 2.61. The van der Waals surface area contributed by atoms with Crippen LogP contribution in [0.3, 0.4) is 0 Å². The number of rotatable bonds is 6. The second kappa shape index (κ2) is 7.12. The number of nitrogens with one attached hydrogen (secondary N) is 1. The summed E-state index contributed by atoms with van der Waals surface area (Å²) in [5, 5.41) is 3.48. The van der Waals surface area contributed by atoms with Crippen LogP contribution in [0.5, 0.6) is 0 Å². The van der Waals surface area contributed by atoms with Gasteiger partial charge >= 0.3 is 0 Å². The summed E-state index contributed by atoms with van der Waals surface area (Å²) in [6.07, 6.45) is 2.02. The first-order valence-corrected chi connectivity index (χ1v) is 7.01. The van der Waals surface area contributed by atoms with Gasteiger partial charge in [-0.15, -0.1) is 0 Å². The molecule has 0 bridgehead atoms. The summed E-state index contributed by atoms with van der Waals surface area (Å²) >= 11 is 3.32. The van der Waals surface area contributed by atoms with Crippen LogP contribution in [-0.4, -0.2) is 12.6 Å². The van der Waals surface area contributed by atoms with Crippen molar-refractivity contribution in [3.05, 3.63) is 34.1 Å². The lowest BCUT2D eigenvalue weighted by molar-refractivity contribution is 0.398. The Labute approximate surface area is 112 Å². The summed E-state index contributed by atoms with van der Waals surface area (Å²) in [5.41, 5.74) is 1.04. The Kier molecular flexibility index (Phi) is 6.14. The topological polar surface area (TPSA) is 12.0 Å². The zero-order valence-corrected chi connectivity index (χ0v) is 12.3. The van der Waals surface area contributed by atoms with Crippen molar-refractivity contribution < 1.29 is 4.39 Å². The molecule has 2 unspecified atom stereocenters. The lowest BCUT2D eigenvalue weighted by atomic mass is 9.95. The molecule has 1 N–H and O–H groups in total. The second-order valence-corrected chi connectivity index (χ2v) is 5.43. The minimum Gasteiger partial charge on any atom is -0.314 e. The van der Waals surface area contributed by atoms with E-state index in [2.05, 4.69) is 42.0 Å². The van der Waals surface area contributed by atoms with E-state index in [1.54, 1.807) is 6.07 Å². The van der Waals surface area contributed by atoms with E-state index >= 15 is 0 Å². The molecule has 0 aliphatic carbocycles. The molecule has 1 aromatic carbocycles. The van der Waals surface area contributed by atoms with Gasteiger partial charge in [0.05, 0.1) is 4.47 Å². The Morgan fingerprint density at radius 3 is 2.71 bits per heavy atom. The maximum absolute atomic E-state index is 13.4. The normalized spacial score (nSPS) is 14.6. The Hall–Kier alpha value is -0.410. The van der Waals surface area contributed by atoms with Crippen LogP contribution < -0.4 is 5.32 Å². The monoisotopic (exact) mass is 301 g/mol. The van der Waals surface area contributed by atoms with Crippen molar-refractivity contribution in [1.29, 1.82) is 0 Å². The minimum absolute atomic E-state index is 0.177. The number of halogens is 2. The smallest absolute Gasteiger partial charge is 0.137 e. The standard InChI is InChI=1S/C14H21BrFN/c1-4-8-17-11(3)10(2)9-12-6-5-7-13(16)14(12)15/h5-7,10-11,17H,4,8-9H2,1-3H3. The van der Waals surface area contributed by atoms with Gasteiger partial charge in [0.25, 0.3) is 0 Å². The molecule has 0 radical (unpaired) electrons. The third-order valence-corrected chi connectivity index (χ3v) is 4.03. The van der Waals surface area contributed by atoms with Gasteiger partial charge < -0.3 is 5.32 Å². The lowest BCUT2D eigenvalue weighted by Gasteiger charge is -2.21. The molecular weight excluding hydrogens is 281 g/mol. The minimum atomic E-state index is -0.177. The summed E-state index contributed by atoms with van der Waals surface area (Å²) in [6, 6.07) is 5.68. The predicted octanol–water partition coefficient (Wildman–Crippen LogP) is 4.15. The molecule has 0 aliphatic rings. The highest BCUT2D eigenvalue weighted by molar-refractivity contribution is 9.10. The molecule has 0 saturated heterocycles. The van der Waals surface area contributed by atoms with Crippen LogP contribution in [0.1, 0.15) is 32.8 Å². The van der Waals surface area contributed by atoms with Crippen LogP contribution in [0.25, 0.3) is 0 Å². The molecule has 1 nitrogen and oxygen atoms in total.